The Balaban J connectivity index is 1.56. The van der Waals surface area contributed by atoms with Crippen molar-refractivity contribution in [2.24, 2.45) is 5.92 Å². The van der Waals surface area contributed by atoms with Gasteiger partial charge in [-0.3, -0.25) is 9.59 Å². The Morgan fingerprint density at radius 1 is 1.28 bits per heavy atom. The summed E-state index contributed by atoms with van der Waals surface area (Å²) in [5.41, 5.74) is 1.14. The van der Waals surface area contributed by atoms with Gasteiger partial charge in [0, 0.05) is 30.4 Å². The normalized spacial score (nSPS) is 13.8. The maximum absolute atomic E-state index is 12.3. The fourth-order valence-corrected chi connectivity index (χ4v) is 2.61. The van der Waals surface area contributed by atoms with Gasteiger partial charge >= 0.3 is 6.18 Å². The van der Waals surface area contributed by atoms with Crippen LogP contribution in [0.25, 0.3) is 0 Å². The maximum atomic E-state index is 12.3. The molecular weight excluding hydrogens is 389 g/mol. The average molecular weight is 408 g/mol. The van der Waals surface area contributed by atoms with Crippen LogP contribution in [0.5, 0.6) is 5.88 Å². The van der Waals surface area contributed by atoms with E-state index in [9.17, 15) is 22.8 Å². The van der Waals surface area contributed by atoms with Crippen LogP contribution in [0.2, 0.25) is 0 Å². The van der Waals surface area contributed by atoms with Crippen molar-refractivity contribution in [3.05, 3.63) is 47.2 Å². The Kier molecular flexibility index (Phi) is 6.09. The highest BCUT2D eigenvalue weighted by atomic mass is 19.4. The second kappa shape index (κ2) is 8.54. The summed E-state index contributed by atoms with van der Waals surface area (Å²) >= 11 is 0. The molecule has 0 aliphatic heterocycles. The zero-order valence-corrected chi connectivity index (χ0v) is 15.6. The number of aryl methyl sites for hydroxylation is 1. The minimum absolute atomic E-state index is 0.0805. The molecule has 0 atom stereocenters. The fraction of sp³-hybridized carbons (Fsp3) is 0.421. The number of amides is 1. The van der Waals surface area contributed by atoms with Crippen molar-refractivity contribution < 1.29 is 27.5 Å². The molecule has 10 heteroatoms. The lowest BCUT2D eigenvalue weighted by molar-refractivity contribution is -0.154. The topological polar surface area (TPSA) is 94.1 Å². The monoisotopic (exact) mass is 408 g/mol. The summed E-state index contributed by atoms with van der Waals surface area (Å²) in [5.74, 6) is -0.0918. The van der Waals surface area contributed by atoms with Crippen molar-refractivity contribution in [3.8, 4) is 5.88 Å². The van der Waals surface area contributed by atoms with Gasteiger partial charge in [-0.1, -0.05) is 0 Å². The number of carbonyl (C=O) groups excluding carboxylic acids is 2. The van der Waals surface area contributed by atoms with Gasteiger partial charge in [0.15, 0.2) is 6.61 Å². The fourth-order valence-electron chi connectivity index (χ4n) is 2.61. The minimum Gasteiger partial charge on any atom is -0.468 e. The first-order chi connectivity index (χ1) is 13.7. The first-order valence-corrected chi connectivity index (χ1v) is 8.99. The Morgan fingerprint density at radius 3 is 2.69 bits per heavy atom. The Bertz CT molecular complexity index is 914. The van der Waals surface area contributed by atoms with Gasteiger partial charge in [0.1, 0.15) is 17.3 Å². The standard InChI is InChI=1S/C19H19F3N4O3/c1-11-6-12(9-25-18(11)29-10-19(20,21)22)8-24-17(28)14-4-5-23-16(26-14)7-15(27)13-2-3-13/h4-6,9,13H,2-3,7-8,10H2,1H3,(H,24,28). The zero-order valence-electron chi connectivity index (χ0n) is 15.6. The molecule has 1 saturated carbocycles. The van der Waals surface area contributed by atoms with E-state index in [0.29, 0.717) is 17.0 Å². The number of nitrogens with zero attached hydrogens (tertiary/aromatic N) is 3. The largest absolute Gasteiger partial charge is 0.468 e. The highest BCUT2D eigenvalue weighted by Gasteiger charge is 2.30. The Labute approximate surface area is 164 Å². The summed E-state index contributed by atoms with van der Waals surface area (Å²) < 4.78 is 41.4. The van der Waals surface area contributed by atoms with E-state index < -0.39 is 18.7 Å². The van der Waals surface area contributed by atoms with Crippen LogP contribution in [0.3, 0.4) is 0 Å². The molecule has 7 nitrogen and oxygen atoms in total. The van der Waals surface area contributed by atoms with Crippen LogP contribution in [-0.2, 0) is 17.8 Å². The molecule has 1 aliphatic rings. The summed E-state index contributed by atoms with van der Waals surface area (Å²) in [6.07, 6.45) is 0.211. The summed E-state index contributed by atoms with van der Waals surface area (Å²) in [6, 6.07) is 3.02. The van der Waals surface area contributed by atoms with Crippen LogP contribution in [-0.4, -0.2) is 39.4 Å². The molecule has 0 saturated heterocycles. The minimum atomic E-state index is -4.44. The number of ketones is 1. The molecule has 1 fully saturated rings. The van der Waals surface area contributed by atoms with E-state index in [1.165, 1.54) is 18.5 Å². The van der Waals surface area contributed by atoms with Crippen LogP contribution in [0.4, 0.5) is 13.2 Å². The first-order valence-electron chi connectivity index (χ1n) is 8.99. The lowest BCUT2D eigenvalue weighted by atomic mass is 10.2. The quantitative estimate of drug-likeness (QED) is 0.722. The first kappa shape index (κ1) is 20.7. The molecule has 2 aromatic rings. The third-order valence-electron chi connectivity index (χ3n) is 4.22. The number of pyridine rings is 1. The van der Waals surface area contributed by atoms with Gasteiger partial charge < -0.3 is 10.1 Å². The third-order valence-corrected chi connectivity index (χ3v) is 4.22. The molecule has 2 heterocycles. The van der Waals surface area contributed by atoms with Gasteiger partial charge in [-0.25, -0.2) is 15.0 Å². The predicted octanol–water partition coefficient (Wildman–Crippen LogP) is 2.57. The van der Waals surface area contributed by atoms with Crippen molar-refractivity contribution in [3.63, 3.8) is 0 Å². The highest BCUT2D eigenvalue weighted by molar-refractivity contribution is 5.92. The van der Waals surface area contributed by atoms with E-state index in [4.69, 9.17) is 0 Å². The second-order valence-electron chi connectivity index (χ2n) is 6.83. The van der Waals surface area contributed by atoms with Crippen molar-refractivity contribution in [2.45, 2.75) is 38.9 Å². The summed E-state index contributed by atoms with van der Waals surface area (Å²) in [7, 11) is 0. The lowest BCUT2D eigenvalue weighted by Crippen LogP contribution is -2.25. The van der Waals surface area contributed by atoms with Gasteiger partial charge in [-0.2, -0.15) is 13.2 Å². The number of alkyl halides is 3. The average Bonchev–Trinajstić information content (AvgIpc) is 3.50. The van der Waals surface area contributed by atoms with Crippen molar-refractivity contribution >= 4 is 11.7 Å². The van der Waals surface area contributed by atoms with E-state index in [2.05, 4.69) is 25.0 Å². The summed E-state index contributed by atoms with van der Waals surface area (Å²) in [6.45, 7) is 0.250. The molecule has 0 unspecified atom stereocenters. The number of nitrogens with one attached hydrogen (secondary N) is 1. The van der Waals surface area contributed by atoms with E-state index in [-0.39, 0.29) is 36.2 Å². The molecule has 29 heavy (non-hydrogen) atoms. The lowest BCUT2D eigenvalue weighted by Gasteiger charge is -2.11. The number of aromatic nitrogens is 3. The molecule has 0 radical (unpaired) electrons. The molecule has 3 rings (SSSR count). The molecule has 0 aromatic carbocycles. The van der Waals surface area contributed by atoms with Crippen LogP contribution >= 0.6 is 0 Å². The van der Waals surface area contributed by atoms with E-state index in [1.807, 2.05) is 0 Å². The molecule has 1 aliphatic carbocycles. The van der Waals surface area contributed by atoms with Crippen molar-refractivity contribution in [2.75, 3.05) is 6.61 Å². The molecule has 154 valence electrons. The van der Waals surface area contributed by atoms with Crippen molar-refractivity contribution in [1.82, 2.24) is 20.3 Å². The van der Waals surface area contributed by atoms with Crippen LogP contribution in [0, 0.1) is 12.8 Å². The number of hydrogen-bond donors (Lipinski definition) is 1. The second-order valence-corrected chi connectivity index (χ2v) is 6.83. The number of Topliss-reactive ketones (excluding diaryl/α,β-unsaturated/α-hetero) is 1. The molecule has 1 N–H and O–H groups in total. The van der Waals surface area contributed by atoms with Crippen LogP contribution < -0.4 is 10.1 Å². The maximum Gasteiger partial charge on any atom is 0.422 e. The number of hydrogen-bond acceptors (Lipinski definition) is 6. The van der Waals surface area contributed by atoms with Gasteiger partial charge in [-0.05, 0) is 37.5 Å². The highest BCUT2D eigenvalue weighted by Crippen LogP contribution is 2.30. The van der Waals surface area contributed by atoms with E-state index >= 15 is 0 Å². The van der Waals surface area contributed by atoms with Gasteiger partial charge in [0.05, 0.1) is 6.42 Å². The molecular formula is C19H19F3N4O3. The molecule has 0 spiro atoms. The number of rotatable bonds is 8. The molecule has 2 aromatic heterocycles. The van der Waals surface area contributed by atoms with Crippen molar-refractivity contribution in [1.29, 1.82) is 0 Å². The smallest absolute Gasteiger partial charge is 0.422 e. The Hall–Kier alpha value is -3.04. The third kappa shape index (κ3) is 6.23. The van der Waals surface area contributed by atoms with Crippen LogP contribution in [0.1, 0.15) is 40.3 Å². The zero-order chi connectivity index (χ0) is 21.0. The molecule has 0 bridgehead atoms. The van der Waals surface area contributed by atoms with Crippen LogP contribution in [0.15, 0.2) is 24.5 Å². The Morgan fingerprint density at radius 2 is 2.03 bits per heavy atom. The van der Waals surface area contributed by atoms with Gasteiger partial charge in [0.2, 0.25) is 5.88 Å². The number of ether oxygens (including phenoxy) is 1. The van der Waals surface area contributed by atoms with Gasteiger partial charge in [0.25, 0.3) is 5.91 Å². The number of halogens is 3. The number of carbonyl (C=O) groups is 2. The summed E-state index contributed by atoms with van der Waals surface area (Å²) in [5, 5.41) is 2.66. The van der Waals surface area contributed by atoms with E-state index in [1.54, 1.807) is 13.0 Å². The van der Waals surface area contributed by atoms with E-state index in [0.717, 1.165) is 12.8 Å². The predicted molar refractivity (Wildman–Crippen MR) is 95.2 cm³/mol. The SMILES string of the molecule is Cc1cc(CNC(=O)c2ccnc(CC(=O)C3CC3)n2)cnc1OCC(F)(F)F. The summed E-state index contributed by atoms with van der Waals surface area (Å²) in [4.78, 5) is 36.2. The molecule has 1 amide bonds. The van der Waals surface area contributed by atoms with Gasteiger partial charge in [-0.15, -0.1) is 0 Å².